The van der Waals surface area contributed by atoms with Crippen molar-refractivity contribution >= 4 is 0 Å². The van der Waals surface area contributed by atoms with Gasteiger partial charge in [0.1, 0.15) is 85.5 Å². The Bertz CT molecular complexity index is 886. The van der Waals surface area contributed by atoms with Crippen molar-refractivity contribution in [3.63, 3.8) is 0 Å². The van der Waals surface area contributed by atoms with Crippen molar-refractivity contribution in [1.82, 2.24) is 0 Å². The van der Waals surface area contributed by atoms with Crippen LogP contribution in [0.5, 0.6) is 0 Å². The number of aliphatic hydroxyl groups is 12. The van der Waals surface area contributed by atoms with E-state index in [1.54, 1.807) is 0 Å². The smallest absolute Gasteiger partial charge is 0.187 e. The molecule has 0 aromatic heterocycles. The molecular weight excluding hydrogens is 592 g/mol. The third-order valence-corrected chi connectivity index (χ3v) is 8.13. The van der Waals surface area contributed by atoms with E-state index < -0.39 is 136 Å². The summed E-state index contributed by atoms with van der Waals surface area (Å²) in [6, 6.07) is 0. The molecule has 0 unspecified atom stereocenters. The molecule has 4 aliphatic rings. The van der Waals surface area contributed by atoms with Crippen LogP contribution < -0.4 is 0 Å². The zero-order valence-corrected chi connectivity index (χ0v) is 23.2. The number of rotatable bonds is 8. The van der Waals surface area contributed by atoms with Crippen molar-refractivity contribution < 1.29 is 94.4 Å². The van der Waals surface area contributed by atoms with Gasteiger partial charge < -0.3 is 94.4 Å². The van der Waals surface area contributed by atoms with Crippen molar-refractivity contribution in [2.45, 2.75) is 137 Å². The van der Waals surface area contributed by atoms with Gasteiger partial charge in [-0.1, -0.05) is 0 Å². The van der Waals surface area contributed by atoms with Gasteiger partial charge in [-0.25, -0.2) is 0 Å². The average molecular weight is 635 g/mol. The summed E-state index contributed by atoms with van der Waals surface area (Å²) in [4.78, 5) is 0. The first-order chi connectivity index (χ1) is 20.2. The van der Waals surface area contributed by atoms with Crippen molar-refractivity contribution in [2.75, 3.05) is 13.2 Å². The van der Waals surface area contributed by atoms with Crippen LogP contribution in [0, 0.1) is 0 Å². The first kappa shape index (κ1) is 35.1. The van der Waals surface area contributed by atoms with E-state index in [0.29, 0.717) is 0 Å². The fraction of sp³-hybridized carbons (Fsp3) is 1.00. The van der Waals surface area contributed by atoms with Crippen molar-refractivity contribution in [1.29, 1.82) is 0 Å². The molecule has 0 amide bonds. The molecule has 4 heterocycles. The summed E-state index contributed by atoms with van der Waals surface area (Å²) < 4.78 is 38.7. The van der Waals surface area contributed by atoms with Crippen LogP contribution >= 0.6 is 0 Å². The van der Waals surface area contributed by atoms with Crippen LogP contribution in [-0.2, 0) is 33.2 Å². The highest BCUT2D eigenvalue weighted by Crippen LogP contribution is 2.34. The molecule has 19 heteroatoms. The first-order valence-electron chi connectivity index (χ1n) is 13.8. The summed E-state index contributed by atoms with van der Waals surface area (Å²) in [5, 5.41) is 124. The van der Waals surface area contributed by atoms with Gasteiger partial charge in [0.15, 0.2) is 25.2 Å². The molecule has 43 heavy (non-hydrogen) atoms. The molecule has 0 spiro atoms. The minimum Gasteiger partial charge on any atom is -0.394 e. The maximum Gasteiger partial charge on any atom is 0.187 e. The first-order valence-corrected chi connectivity index (χ1v) is 13.8. The second kappa shape index (κ2) is 14.3. The highest BCUT2D eigenvalue weighted by molar-refractivity contribution is 4.97. The van der Waals surface area contributed by atoms with Crippen LogP contribution in [0.25, 0.3) is 0 Å². The Morgan fingerprint density at radius 3 is 1.35 bits per heavy atom. The minimum absolute atomic E-state index is 0.832. The molecule has 4 aliphatic heterocycles. The summed E-state index contributed by atoms with van der Waals surface area (Å²) in [5.74, 6) is 0. The van der Waals surface area contributed by atoms with E-state index in [1.807, 2.05) is 0 Å². The summed E-state index contributed by atoms with van der Waals surface area (Å²) in [6.45, 7) is 1.06. The molecular formula is C24H42O19. The van der Waals surface area contributed by atoms with E-state index >= 15 is 0 Å². The van der Waals surface area contributed by atoms with Crippen LogP contribution in [0.1, 0.15) is 13.8 Å². The van der Waals surface area contributed by atoms with Crippen LogP contribution in [0.4, 0.5) is 0 Å². The van der Waals surface area contributed by atoms with Crippen molar-refractivity contribution in [3.05, 3.63) is 0 Å². The lowest BCUT2D eigenvalue weighted by Gasteiger charge is -2.49. The molecule has 4 fully saturated rings. The largest absolute Gasteiger partial charge is 0.394 e. The Hall–Kier alpha value is -0.760. The summed E-state index contributed by atoms with van der Waals surface area (Å²) in [5.41, 5.74) is 0. The summed E-state index contributed by atoms with van der Waals surface area (Å²) >= 11 is 0. The van der Waals surface area contributed by atoms with Gasteiger partial charge in [-0.2, -0.15) is 0 Å². The Morgan fingerprint density at radius 2 is 0.860 bits per heavy atom. The van der Waals surface area contributed by atoms with Gasteiger partial charge in [0.25, 0.3) is 0 Å². The monoisotopic (exact) mass is 634 g/mol. The zero-order valence-electron chi connectivity index (χ0n) is 23.2. The molecule has 0 aliphatic carbocycles. The van der Waals surface area contributed by atoms with E-state index in [2.05, 4.69) is 0 Å². The number of hydrogen-bond acceptors (Lipinski definition) is 19. The SMILES string of the molecule is C[C@@H]1O[C@@H](O[C@@H]2[C@@H](O[C@@H]3O[C@H](CO)[C@H](O)[C@H](O)[C@H]3O[C@@H]3O[C@@H](C)[C@@H](O)[C@@H](O)[C@@H]3O)[C@@H](O)[C@@H](CO)O[C@H]2O)[C@@H](O)[C@H](O)[C@@H]1O. The lowest BCUT2D eigenvalue weighted by molar-refractivity contribution is -0.400. The van der Waals surface area contributed by atoms with Gasteiger partial charge >= 0.3 is 0 Å². The van der Waals surface area contributed by atoms with E-state index in [1.165, 1.54) is 13.8 Å². The highest BCUT2D eigenvalue weighted by Gasteiger charge is 2.55. The molecule has 4 rings (SSSR count). The second-order valence-electron chi connectivity index (χ2n) is 11.1. The number of aliphatic hydroxyl groups excluding tert-OH is 12. The maximum atomic E-state index is 11.0. The third kappa shape index (κ3) is 7.00. The topological polar surface area (TPSA) is 307 Å². The lowest BCUT2D eigenvalue weighted by atomic mass is 9.96. The number of ether oxygens (including phenoxy) is 7. The molecule has 12 N–H and O–H groups in total. The predicted molar refractivity (Wildman–Crippen MR) is 131 cm³/mol. The minimum atomic E-state index is -1.98. The van der Waals surface area contributed by atoms with Gasteiger partial charge in [0.05, 0.1) is 25.4 Å². The van der Waals surface area contributed by atoms with Gasteiger partial charge in [-0.05, 0) is 13.8 Å². The van der Waals surface area contributed by atoms with E-state index in [-0.39, 0.29) is 0 Å². The molecule has 19 nitrogen and oxygen atoms in total. The Balaban J connectivity index is 1.61. The van der Waals surface area contributed by atoms with Gasteiger partial charge in [-0.15, -0.1) is 0 Å². The van der Waals surface area contributed by atoms with Crippen LogP contribution in [0.2, 0.25) is 0 Å². The van der Waals surface area contributed by atoms with Crippen LogP contribution in [0.3, 0.4) is 0 Å². The maximum absolute atomic E-state index is 11.0. The standard InChI is InChI=1S/C24H42O19/c1-5-9(27)13(31)16(34)22(37-5)42-19-15(33)11(29)7(3-25)40-24(19)41-18-12(30)8(4-26)39-21(36)20(18)43-23-17(35)14(32)10(28)6(2)38-23/h5-36H,3-4H2,1-2H3/t5-,6-,7+,8+,9+,10+,11-,12-,13+,14+,15-,16-,17-,18-,19+,20+,21+,22-,23-,24-/m0/s1. The zero-order chi connectivity index (χ0) is 31.9. The highest BCUT2D eigenvalue weighted by atomic mass is 16.8. The fourth-order valence-corrected chi connectivity index (χ4v) is 5.39. The molecule has 4 saturated heterocycles. The normalized spacial score (nSPS) is 54.8. The predicted octanol–water partition coefficient (Wildman–Crippen LogP) is -7.69. The average Bonchev–Trinajstić information content (AvgIpc) is 2.98. The Labute approximate surface area is 244 Å². The van der Waals surface area contributed by atoms with E-state index in [4.69, 9.17) is 33.2 Å². The van der Waals surface area contributed by atoms with Crippen molar-refractivity contribution in [3.8, 4) is 0 Å². The number of hydrogen-bond donors (Lipinski definition) is 12. The molecule has 0 aromatic carbocycles. The molecule has 0 aromatic rings. The fourth-order valence-electron chi connectivity index (χ4n) is 5.39. The molecule has 20 atom stereocenters. The lowest BCUT2D eigenvalue weighted by Crippen LogP contribution is -2.67. The van der Waals surface area contributed by atoms with Gasteiger partial charge in [0.2, 0.25) is 0 Å². The molecule has 0 saturated carbocycles. The van der Waals surface area contributed by atoms with Crippen molar-refractivity contribution in [2.24, 2.45) is 0 Å². The quantitative estimate of drug-likeness (QED) is 0.118. The molecule has 0 radical (unpaired) electrons. The van der Waals surface area contributed by atoms with Crippen LogP contribution in [-0.4, -0.2) is 197 Å². The Morgan fingerprint density at radius 1 is 0.419 bits per heavy atom. The summed E-state index contributed by atoms with van der Waals surface area (Å²) in [7, 11) is 0. The van der Waals surface area contributed by atoms with E-state index in [9.17, 15) is 61.3 Å². The summed E-state index contributed by atoms with van der Waals surface area (Å²) in [6.07, 6.45) is -33.4. The molecule has 0 bridgehead atoms. The molecule has 252 valence electrons. The third-order valence-electron chi connectivity index (χ3n) is 8.13. The second-order valence-corrected chi connectivity index (χ2v) is 11.1. The van der Waals surface area contributed by atoms with Gasteiger partial charge in [0, 0.05) is 0 Å². The van der Waals surface area contributed by atoms with Crippen LogP contribution in [0.15, 0.2) is 0 Å². The van der Waals surface area contributed by atoms with Gasteiger partial charge in [-0.3, -0.25) is 0 Å². The van der Waals surface area contributed by atoms with E-state index in [0.717, 1.165) is 0 Å². The Kier molecular flexibility index (Phi) is 11.7.